The molecule has 0 spiro atoms. The number of thiophene rings is 1. The largest absolute Gasteiger partial charge is 0.465 e. The number of nitrogens with zero attached hydrogens (tertiary/aromatic N) is 2. The van der Waals surface area contributed by atoms with E-state index in [0.717, 1.165) is 11.3 Å². The maximum absolute atomic E-state index is 12.4. The van der Waals surface area contributed by atoms with E-state index in [2.05, 4.69) is 10.4 Å². The van der Waals surface area contributed by atoms with Gasteiger partial charge in [0.15, 0.2) is 0 Å². The number of carbonyl (C=O) groups excluding carboxylic acids is 3. The van der Waals surface area contributed by atoms with Gasteiger partial charge in [0.25, 0.3) is 5.91 Å². The summed E-state index contributed by atoms with van der Waals surface area (Å²) in [7, 11) is 2.48. The first-order chi connectivity index (χ1) is 11.4. The quantitative estimate of drug-likeness (QED) is 0.828. The summed E-state index contributed by atoms with van der Waals surface area (Å²) in [5.74, 6) is -1.66. The highest BCUT2D eigenvalue weighted by atomic mass is 32.1. The van der Waals surface area contributed by atoms with Crippen LogP contribution in [0.5, 0.6) is 0 Å². The standard InChI is InChI=1S/C15H17N3O5S/c1-5-18-9(6-7-16-18)12(19)17-13-10(14(20)22-3)8(2)11(24-13)15(21)23-4/h6-7H,5H2,1-4H3,(H,17,19). The lowest BCUT2D eigenvalue weighted by Gasteiger charge is -2.07. The van der Waals surface area contributed by atoms with E-state index in [1.807, 2.05) is 6.92 Å². The van der Waals surface area contributed by atoms with Gasteiger partial charge >= 0.3 is 11.9 Å². The van der Waals surface area contributed by atoms with Gasteiger partial charge in [-0.3, -0.25) is 9.48 Å². The van der Waals surface area contributed by atoms with E-state index in [4.69, 9.17) is 9.47 Å². The molecule has 0 saturated heterocycles. The molecule has 0 radical (unpaired) electrons. The molecule has 128 valence electrons. The third kappa shape index (κ3) is 3.16. The van der Waals surface area contributed by atoms with E-state index >= 15 is 0 Å². The summed E-state index contributed by atoms with van der Waals surface area (Å²) in [6.45, 7) is 3.98. The Morgan fingerprint density at radius 2 is 1.92 bits per heavy atom. The minimum atomic E-state index is -0.641. The van der Waals surface area contributed by atoms with Crippen molar-refractivity contribution in [1.82, 2.24) is 9.78 Å². The number of anilines is 1. The van der Waals surface area contributed by atoms with Crippen LogP contribution in [0.2, 0.25) is 0 Å². The Balaban J connectivity index is 2.43. The first kappa shape index (κ1) is 17.7. The molecule has 0 unspecified atom stereocenters. The summed E-state index contributed by atoms with van der Waals surface area (Å²) < 4.78 is 11.0. The van der Waals surface area contributed by atoms with Crippen molar-refractivity contribution in [2.24, 2.45) is 0 Å². The summed E-state index contributed by atoms with van der Waals surface area (Å²) in [5.41, 5.74) is 0.885. The molecule has 2 rings (SSSR count). The number of methoxy groups -OCH3 is 2. The Morgan fingerprint density at radius 3 is 2.50 bits per heavy atom. The van der Waals surface area contributed by atoms with Crippen molar-refractivity contribution in [2.75, 3.05) is 19.5 Å². The van der Waals surface area contributed by atoms with Gasteiger partial charge in [0.2, 0.25) is 0 Å². The number of rotatable bonds is 5. The van der Waals surface area contributed by atoms with Gasteiger partial charge in [0.05, 0.1) is 19.8 Å². The first-order valence-electron chi connectivity index (χ1n) is 7.07. The van der Waals surface area contributed by atoms with E-state index in [1.54, 1.807) is 13.0 Å². The van der Waals surface area contributed by atoms with Crippen LogP contribution >= 0.6 is 11.3 Å². The number of hydrogen-bond acceptors (Lipinski definition) is 7. The molecule has 8 nitrogen and oxygen atoms in total. The number of aromatic nitrogens is 2. The molecule has 24 heavy (non-hydrogen) atoms. The highest BCUT2D eigenvalue weighted by molar-refractivity contribution is 7.18. The number of ether oxygens (including phenoxy) is 2. The number of carbonyl (C=O) groups is 3. The molecule has 0 saturated carbocycles. The molecule has 2 aromatic heterocycles. The topological polar surface area (TPSA) is 99.5 Å². The van der Waals surface area contributed by atoms with Crippen LogP contribution < -0.4 is 5.32 Å². The van der Waals surface area contributed by atoms with Gasteiger partial charge < -0.3 is 14.8 Å². The summed E-state index contributed by atoms with van der Waals surface area (Å²) in [6.07, 6.45) is 1.51. The van der Waals surface area contributed by atoms with Crippen LogP contribution in [0.15, 0.2) is 12.3 Å². The van der Waals surface area contributed by atoms with Crippen LogP contribution in [0.25, 0.3) is 0 Å². The zero-order valence-electron chi connectivity index (χ0n) is 13.7. The molecule has 1 N–H and O–H groups in total. The normalized spacial score (nSPS) is 10.3. The molecular formula is C15H17N3O5S. The zero-order chi connectivity index (χ0) is 17.9. The average molecular weight is 351 g/mol. The molecule has 0 aliphatic heterocycles. The van der Waals surface area contributed by atoms with Crippen LogP contribution in [-0.2, 0) is 16.0 Å². The number of nitrogens with one attached hydrogen (secondary N) is 1. The lowest BCUT2D eigenvalue weighted by Crippen LogP contribution is -2.18. The van der Waals surface area contributed by atoms with Crippen LogP contribution in [-0.4, -0.2) is 41.8 Å². The highest BCUT2D eigenvalue weighted by Gasteiger charge is 2.27. The minimum Gasteiger partial charge on any atom is -0.465 e. The van der Waals surface area contributed by atoms with Gasteiger partial charge in [-0.1, -0.05) is 0 Å². The first-order valence-corrected chi connectivity index (χ1v) is 7.89. The Bertz CT molecular complexity index is 793. The van der Waals surface area contributed by atoms with Crippen molar-refractivity contribution in [3.8, 4) is 0 Å². The number of hydrogen-bond donors (Lipinski definition) is 1. The van der Waals surface area contributed by atoms with Crippen molar-refractivity contribution in [3.05, 3.63) is 34.0 Å². The average Bonchev–Trinajstić information content (AvgIpc) is 3.18. The SMILES string of the molecule is CCn1nccc1C(=O)Nc1sc(C(=O)OC)c(C)c1C(=O)OC. The fourth-order valence-corrected chi connectivity index (χ4v) is 3.29. The van der Waals surface area contributed by atoms with Gasteiger partial charge in [-0.2, -0.15) is 5.10 Å². The van der Waals surface area contributed by atoms with E-state index < -0.39 is 17.8 Å². The summed E-state index contributed by atoms with van der Waals surface area (Å²) in [6, 6.07) is 1.57. The Hall–Kier alpha value is -2.68. The third-order valence-corrected chi connectivity index (χ3v) is 4.57. The molecule has 0 bridgehead atoms. The Morgan fingerprint density at radius 1 is 1.25 bits per heavy atom. The predicted octanol–water partition coefficient (Wildman–Crippen LogP) is 2.10. The van der Waals surface area contributed by atoms with E-state index in [1.165, 1.54) is 25.1 Å². The smallest absolute Gasteiger partial charge is 0.348 e. The van der Waals surface area contributed by atoms with Crippen molar-refractivity contribution < 1.29 is 23.9 Å². The second kappa shape index (κ2) is 7.26. The molecule has 1 amide bonds. The third-order valence-electron chi connectivity index (χ3n) is 3.38. The van der Waals surface area contributed by atoms with E-state index in [0.29, 0.717) is 17.8 Å². The van der Waals surface area contributed by atoms with Gasteiger partial charge in [0.1, 0.15) is 15.6 Å². The minimum absolute atomic E-state index is 0.138. The van der Waals surface area contributed by atoms with Crippen molar-refractivity contribution >= 4 is 34.2 Å². The number of amides is 1. The molecule has 0 fully saturated rings. The summed E-state index contributed by atoms with van der Waals surface area (Å²) in [4.78, 5) is 36.5. The number of esters is 2. The number of aryl methyl sites for hydroxylation is 1. The van der Waals surface area contributed by atoms with Crippen molar-refractivity contribution in [1.29, 1.82) is 0 Å². The zero-order valence-corrected chi connectivity index (χ0v) is 14.5. The molecule has 0 aliphatic rings. The summed E-state index contributed by atoms with van der Waals surface area (Å²) in [5, 5.41) is 6.91. The van der Waals surface area contributed by atoms with Gasteiger partial charge in [-0.25, -0.2) is 9.59 Å². The lowest BCUT2D eigenvalue weighted by atomic mass is 10.1. The maximum Gasteiger partial charge on any atom is 0.348 e. The van der Waals surface area contributed by atoms with Crippen LogP contribution in [0.1, 0.15) is 43.0 Å². The van der Waals surface area contributed by atoms with Crippen LogP contribution in [0.4, 0.5) is 5.00 Å². The van der Waals surface area contributed by atoms with Crippen molar-refractivity contribution in [3.63, 3.8) is 0 Å². The molecule has 0 aromatic carbocycles. The van der Waals surface area contributed by atoms with Gasteiger partial charge in [-0.05, 0) is 25.5 Å². The monoisotopic (exact) mass is 351 g/mol. The summed E-state index contributed by atoms with van der Waals surface area (Å²) >= 11 is 0.965. The van der Waals surface area contributed by atoms with Crippen LogP contribution in [0.3, 0.4) is 0 Å². The van der Waals surface area contributed by atoms with Gasteiger partial charge in [0, 0.05) is 12.7 Å². The molecular weight excluding hydrogens is 334 g/mol. The highest BCUT2D eigenvalue weighted by Crippen LogP contribution is 2.34. The molecule has 0 atom stereocenters. The second-order valence-electron chi connectivity index (χ2n) is 4.73. The predicted molar refractivity (Wildman–Crippen MR) is 87.6 cm³/mol. The fraction of sp³-hybridized carbons (Fsp3) is 0.333. The Labute approximate surface area is 142 Å². The second-order valence-corrected chi connectivity index (χ2v) is 5.75. The fourth-order valence-electron chi connectivity index (χ4n) is 2.18. The molecule has 0 aliphatic carbocycles. The van der Waals surface area contributed by atoms with E-state index in [-0.39, 0.29) is 15.4 Å². The molecule has 2 heterocycles. The van der Waals surface area contributed by atoms with Crippen molar-refractivity contribution in [2.45, 2.75) is 20.4 Å². The van der Waals surface area contributed by atoms with E-state index in [9.17, 15) is 14.4 Å². The Kier molecular flexibility index (Phi) is 5.35. The molecule has 2 aromatic rings. The maximum atomic E-state index is 12.4. The molecule has 9 heteroatoms. The lowest BCUT2D eigenvalue weighted by molar-refractivity contribution is 0.0601. The van der Waals surface area contributed by atoms with Gasteiger partial charge in [-0.15, -0.1) is 11.3 Å². The van der Waals surface area contributed by atoms with Crippen LogP contribution in [0, 0.1) is 6.92 Å².